The van der Waals surface area contributed by atoms with E-state index in [1.54, 1.807) is 0 Å². The first-order valence-corrected chi connectivity index (χ1v) is 7.92. The van der Waals surface area contributed by atoms with Gasteiger partial charge in [-0.2, -0.15) is 0 Å². The normalized spacial score (nSPS) is 29.9. The maximum atomic E-state index is 12.7. The van der Waals surface area contributed by atoms with Gasteiger partial charge in [0.25, 0.3) is 0 Å². The highest BCUT2D eigenvalue weighted by Gasteiger charge is 2.40. The molecule has 0 aromatic heterocycles. The molecule has 1 aromatic carbocycles. The quantitative estimate of drug-likeness (QED) is 0.778. The molecular weight excluding hydrogens is 246 g/mol. The highest BCUT2D eigenvalue weighted by Crippen LogP contribution is 2.38. The maximum absolute atomic E-state index is 12.7. The van der Waals surface area contributed by atoms with Gasteiger partial charge in [0.1, 0.15) is 0 Å². The van der Waals surface area contributed by atoms with Crippen LogP contribution in [0.4, 0.5) is 0 Å². The molecule has 3 rings (SSSR count). The first kappa shape index (κ1) is 13.8. The summed E-state index contributed by atoms with van der Waals surface area (Å²) < 4.78 is 0. The Balaban J connectivity index is 1.73. The van der Waals surface area contributed by atoms with Crippen molar-refractivity contribution in [2.24, 2.45) is 5.92 Å². The molecule has 0 N–H and O–H groups in total. The van der Waals surface area contributed by atoms with E-state index in [9.17, 15) is 4.79 Å². The van der Waals surface area contributed by atoms with Crippen LogP contribution in [0.5, 0.6) is 0 Å². The van der Waals surface area contributed by atoms with Crippen molar-refractivity contribution in [3.05, 3.63) is 35.4 Å². The number of carbonyl (C=O) groups is 1. The van der Waals surface area contributed by atoms with Crippen molar-refractivity contribution in [2.45, 2.75) is 57.5 Å². The molecule has 2 unspecified atom stereocenters. The third-order valence-corrected chi connectivity index (χ3v) is 5.33. The van der Waals surface area contributed by atoms with Crippen LogP contribution in [0, 0.1) is 5.92 Å². The second-order valence-electron chi connectivity index (χ2n) is 6.86. The molecule has 0 spiro atoms. The number of ketones is 1. The van der Waals surface area contributed by atoms with Crippen LogP contribution in [0.1, 0.15) is 61.4 Å². The molecule has 2 heterocycles. The molecule has 2 aliphatic rings. The lowest BCUT2D eigenvalue weighted by Gasteiger charge is -2.35. The molecule has 2 fully saturated rings. The van der Waals surface area contributed by atoms with E-state index in [1.807, 2.05) is 12.1 Å². The molecule has 2 heteroatoms. The monoisotopic (exact) mass is 271 g/mol. The lowest BCUT2D eigenvalue weighted by molar-refractivity contribution is 0.0767. The summed E-state index contributed by atoms with van der Waals surface area (Å²) in [5.41, 5.74) is 2.22. The Morgan fingerprint density at radius 3 is 2.15 bits per heavy atom. The number of piperidine rings is 1. The first-order valence-electron chi connectivity index (χ1n) is 7.92. The molecule has 2 nitrogen and oxygen atoms in total. The lowest BCUT2D eigenvalue weighted by atomic mass is 9.84. The summed E-state index contributed by atoms with van der Waals surface area (Å²) in [4.78, 5) is 15.2. The van der Waals surface area contributed by atoms with E-state index in [2.05, 4.69) is 37.9 Å². The zero-order valence-electron chi connectivity index (χ0n) is 12.8. The van der Waals surface area contributed by atoms with E-state index in [1.165, 1.54) is 18.4 Å². The van der Waals surface area contributed by atoms with Crippen LogP contribution in [0.15, 0.2) is 24.3 Å². The summed E-state index contributed by atoms with van der Waals surface area (Å²) in [6.07, 6.45) is 4.66. The highest BCUT2D eigenvalue weighted by molar-refractivity contribution is 5.98. The van der Waals surface area contributed by atoms with E-state index >= 15 is 0 Å². The van der Waals surface area contributed by atoms with E-state index in [0.29, 0.717) is 23.8 Å². The molecule has 2 atom stereocenters. The third-order valence-electron chi connectivity index (χ3n) is 5.33. The van der Waals surface area contributed by atoms with E-state index in [0.717, 1.165) is 18.4 Å². The predicted molar refractivity (Wildman–Crippen MR) is 82.2 cm³/mol. The molecule has 0 amide bonds. The zero-order chi connectivity index (χ0) is 14.3. The summed E-state index contributed by atoms with van der Waals surface area (Å²) in [5, 5.41) is 0. The smallest absolute Gasteiger partial charge is 0.166 e. The Bertz CT molecular complexity index is 477. The minimum Gasteiger partial charge on any atom is -0.300 e. The van der Waals surface area contributed by atoms with Gasteiger partial charge < -0.3 is 4.90 Å². The van der Waals surface area contributed by atoms with Crippen LogP contribution >= 0.6 is 0 Å². The minimum absolute atomic E-state index is 0.244. The van der Waals surface area contributed by atoms with Gasteiger partial charge in [0, 0.05) is 23.6 Å². The number of benzene rings is 1. The third kappa shape index (κ3) is 2.42. The molecule has 108 valence electrons. The highest BCUT2D eigenvalue weighted by atomic mass is 16.1. The van der Waals surface area contributed by atoms with Crippen molar-refractivity contribution in [1.82, 2.24) is 4.90 Å². The van der Waals surface area contributed by atoms with Gasteiger partial charge in [0.15, 0.2) is 5.78 Å². The molecule has 2 bridgehead atoms. The average molecular weight is 271 g/mol. The Morgan fingerprint density at radius 2 is 1.65 bits per heavy atom. The van der Waals surface area contributed by atoms with Crippen molar-refractivity contribution in [3.8, 4) is 0 Å². The minimum atomic E-state index is 0.244. The van der Waals surface area contributed by atoms with Crippen molar-refractivity contribution < 1.29 is 4.79 Å². The maximum Gasteiger partial charge on any atom is 0.166 e. The van der Waals surface area contributed by atoms with Crippen molar-refractivity contribution in [1.29, 1.82) is 0 Å². The van der Waals surface area contributed by atoms with E-state index in [-0.39, 0.29) is 5.92 Å². The number of nitrogens with zero attached hydrogens (tertiary/aromatic N) is 1. The van der Waals surface area contributed by atoms with Gasteiger partial charge in [0.2, 0.25) is 0 Å². The fourth-order valence-electron chi connectivity index (χ4n) is 3.89. The predicted octanol–water partition coefficient (Wildman–Crippen LogP) is 3.87. The number of hydrogen-bond acceptors (Lipinski definition) is 2. The topological polar surface area (TPSA) is 20.3 Å². The fraction of sp³-hybridized carbons (Fsp3) is 0.611. The van der Waals surface area contributed by atoms with Gasteiger partial charge >= 0.3 is 0 Å². The Labute approximate surface area is 122 Å². The summed E-state index contributed by atoms with van der Waals surface area (Å²) >= 11 is 0. The second kappa shape index (κ2) is 5.33. The SMILES string of the molecule is CC(C)c1ccc(C(=O)C2CC3CCC(C2)N3C)cc1. The van der Waals surface area contributed by atoms with Gasteiger partial charge in [-0.25, -0.2) is 0 Å². The summed E-state index contributed by atoms with van der Waals surface area (Å²) in [6, 6.07) is 9.55. The standard InChI is InChI=1S/C18H25NO/c1-12(2)13-4-6-14(7-5-13)18(20)15-10-16-8-9-17(11-15)19(16)3/h4-7,12,15-17H,8-11H2,1-3H3. The molecule has 0 saturated carbocycles. The molecule has 0 radical (unpaired) electrons. The van der Waals surface area contributed by atoms with Gasteiger partial charge in [-0.1, -0.05) is 38.1 Å². The molecular formula is C18H25NO. The van der Waals surface area contributed by atoms with Gasteiger partial charge in [-0.3, -0.25) is 4.79 Å². The number of carbonyl (C=O) groups excluding carboxylic acids is 1. The Morgan fingerprint density at radius 1 is 1.10 bits per heavy atom. The second-order valence-corrected chi connectivity index (χ2v) is 6.86. The number of rotatable bonds is 3. The number of Topliss-reactive ketones (excluding diaryl/α,β-unsaturated/α-hetero) is 1. The van der Waals surface area contributed by atoms with Gasteiger partial charge in [-0.15, -0.1) is 0 Å². The first-order chi connectivity index (χ1) is 9.56. The van der Waals surface area contributed by atoms with E-state index in [4.69, 9.17) is 0 Å². The molecule has 1 aromatic rings. The van der Waals surface area contributed by atoms with Crippen LogP contribution in [-0.2, 0) is 0 Å². The lowest BCUT2D eigenvalue weighted by Crippen LogP contribution is -2.42. The summed E-state index contributed by atoms with van der Waals surface area (Å²) in [6.45, 7) is 4.37. The van der Waals surface area contributed by atoms with Crippen LogP contribution in [0.25, 0.3) is 0 Å². The van der Waals surface area contributed by atoms with Crippen LogP contribution < -0.4 is 0 Å². The number of fused-ring (bicyclic) bond motifs is 2. The van der Waals surface area contributed by atoms with Crippen molar-refractivity contribution in [3.63, 3.8) is 0 Å². The summed E-state index contributed by atoms with van der Waals surface area (Å²) in [7, 11) is 2.22. The van der Waals surface area contributed by atoms with E-state index < -0.39 is 0 Å². The Kier molecular flexibility index (Phi) is 3.68. The summed E-state index contributed by atoms with van der Waals surface area (Å²) in [5.74, 6) is 1.14. The number of hydrogen-bond donors (Lipinski definition) is 0. The average Bonchev–Trinajstić information content (AvgIpc) is 2.68. The molecule has 2 aliphatic heterocycles. The van der Waals surface area contributed by atoms with Crippen molar-refractivity contribution in [2.75, 3.05) is 7.05 Å². The zero-order valence-corrected chi connectivity index (χ0v) is 12.8. The van der Waals surface area contributed by atoms with Gasteiger partial charge in [-0.05, 0) is 44.2 Å². The van der Waals surface area contributed by atoms with Crippen molar-refractivity contribution >= 4 is 5.78 Å². The van der Waals surface area contributed by atoms with Gasteiger partial charge in [0.05, 0.1) is 0 Å². The largest absolute Gasteiger partial charge is 0.300 e. The molecule has 20 heavy (non-hydrogen) atoms. The fourth-order valence-corrected chi connectivity index (χ4v) is 3.89. The van der Waals surface area contributed by atoms with Crippen LogP contribution in [0.2, 0.25) is 0 Å². The molecule has 2 saturated heterocycles. The van der Waals surface area contributed by atoms with Crippen LogP contribution in [-0.4, -0.2) is 29.8 Å². The Hall–Kier alpha value is -1.15. The van der Waals surface area contributed by atoms with Crippen LogP contribution in [0.3, 0.4) is 0 Å². The molecule has 0 aliphatic carbocycles.